The van der Waals surface area contributed by atoms with Gasteiger partial charge in [-0.2, -0.15) is 0 Å². The summed E-state index contributed by atoms with van der Waals surface area (Å²) in [6.45, 7) is 18.7. The number of Topliss-reactive ketones (excluding diaryl/α,β-unsaturated/α-hetero) is 1. The number of ketones is 1. The zero-order valence-electron chi connectivity index (χ0n) is 29.3. The summed E-state index contributed by atoms with van der Waals surface area (Å²) < 4.78 is 37.8. The molecule has 3 aliphatic rings. The number of carbonyl (C=O) groups excluding carboxylic acids is 2. The highest BCUT2D eigenvalue weighted by molar-refractivity contribution is 6.00. The molecule has 3 heterocycles. The van der Waals surface area contributed by atoms with Crippen LogP contribution in [0.5, 0.6) is 0 Å². The molecule has 0 aromatic heterocycles. The van der Waals surface area contributed by atoms with Crippen LogP contribution < -0.4 is 0 Å². The number of ether oxygens (including phenoxy) is 6. The van der Waals surface area contributed by atoms with Crippen LogP contribution in [0.3, 0.4) is 0 Å². The summed E-state index contributed by atoms with van der Waals surface area (Å²) in [6.07, 6.45) is -2.76. The number of aliphatic hydroxyl groups is 1. The highest BCUT2D eigenvalue weighted by Crippen LogP contribution is 2.42. The Kier molecular flexibility index (Phi) is 12.6. The van der Waals surface area contributed by atoms with Crippen LogP contribution in [-0.2, 0) is 38.0 Å². The van der Waals surface area contributed by atoms with E-state index in [1.165, 1.54) is 6.92 Å². The monoisotopic (exact) mass is 638 g/mol. The van der Waals surface area contributed by atoms with E-state index in [9.17, 15) is 14.7 Å². The predicted octanol–water partition coefficient (Wildman–Crippen LogP) is 3.79. The molecule has 0 saturated carbocycles. The minimum absolute atomic E-state index is 0.0102. The summed E-state index contributed by atoms with van der Waals surface area (Å²) in [7, 11) is 5.59. The maximum Gasteiger partial charge on any atom is 0.316 e. The van der Waals surface area contributed by atoms with Gasteiger partial charge in [-0.15, -0.1) is 0 Å². The van der Waals surface area contributed by atoms with Crippen molar-refractivity contribution in [2.45, 2.75) is 129 Å². The molecule has 1 unspecified atom stereocenters. The average molecular weight is 639 g/mol. The number of nitrogens with zero attached hydrogens (tertiary/aromatic N) is 1. The summed E-state index contributed by atoms with van der Waals surface area (Å²) in [5.41, 5.74) is -1.81. The third-order valence-corrected chi connectivity index (χ3v) is 10.3. The number of hydrogen-bond acceptors (Lipinski definition) is 11. The second-order valence-corrected chi connectivity index (χ2v) is 14.2. The first-order valence-electron chi connectivity index (χ1n) is 16.4. The zero-order valence-corrected chi connectivity index (χ0v) is 29.3. The summed E-state index contributed by atoms with van der Waals surface area (Å²) in [5, 5.41) is 20.6. The number of fused-ring (bicyclic) bond motifs is 5. The number of hydrogen-bond donors (Lipinski definition) is 2. The summed E-state index contributed by atoms with van der Waals surface area (Å²) in [5.74, 6) is -3.66. The molecule has 3 aliphatic heterocycles. The van der Waals surface area contributed by atoms with Gasteiger partial charge in [-0.3, -0.25) is 9.59 Å². The molecule has 3 fully saturated rings. The molecule has 0 aromatic carbocycles. The standard InChI is InChI=1S/C34H58N2O9/c1-13-26-34(9,39)30-21(5)20(4)18(2)15-33(8,42-17-24(35)16-41-30)29(22(6)27(37)23(7)31(38)44-26)45-32-28(40-12)25(36(10)11)14-19(3)43-32/h18-19,21-23,25-26,28-30,32,35,39H,4,13-17H2,1-3,5-12H3/t18-,19-,21+,22+,23?,25+,26-,28-,29-,30-,32+,33-,34-/m1/s1. The smallest absolute Gasteiger partial charge is 0.316 e. The Morgan fingerprint density at radius 1 is 1.09 bits per heavy atom. The Labute approximate surface area is 269 Å². The van der Waals surface area contributed by atoms with Crippen LogP contribution in [0.25, 0.3) is 0 Å². The molecule has 3 rings (SSSR count). The minimum atomic E-state index is -1.64. The van der Waals surface area contributed by atoms with Gasteiger partial charge in [-0.25, -0.2) is 0 Å². The summed E-state index contributed by atoms with van der Waals surface area (Å²) >= 11 is 0. The van der Waals surface area contributed by atoms with Crippen molar-refractivity contribution in [1.29, 1.82) is 5.41 Å². The van der Waals surface area contributed by atoms with Gasteiger partial charge < -0.3 is 43.8 Å². The van der Waals surface area contributed by atoms with Crippen molar-refractivity contribution in [1.82, 2.24) is 4.90 Å². The van der Waals surface area contributed by atoms with E-state index < -0.39 is 59.7 Å². The number of nitrogens with one attached hydrogen (secondary N) is 1. The number of cyclic esters (lactones) is 1. The zero-order chi connectivity index (χ0) is 34.0. The van der Waals surface area contributed by atoms with Gasteiger partial charge in [0.25, 0.3) is 0 Å². The van der Waals surface area contributed by atoms with Crippen LogP contribution in [-0.4, -0.2) is 116 Å². The molecule has 0 aliphatic carbocycles. The van der Waals surface area contributed by atoms with E-state index in [2.05, 4.69) is 11.5 Å². The Balaban J connectivity index is 2.21. The van der Waals surface area contributed by atoms with Crippen LogP contribution in [0, 0.1) is 29.1 Å². The van der Waals surface area contributed by atoms with Crippen molar-refractivity contribution in [2.24, 2.45) is 23.7 Å². The van der Waals surface area contributed by atoms with E-state index in [1.807, 2.05) is 48.7 Å². The van der Waals surface area contributed by atoms with Crippen LogP contribution in [0.1, 0.15) is 74.7 Å². The fraction of sp³-hybridized carbons (Fsp3) is 0.853. The van der Waals surface area contributed by atoms with E-state index in [0.717, 1.165) is 12.0 Å². The third-order valence-electron chi connectivity index (χ3n) is 10.3. The molecule has 11 nitrogen and oxygen atoms in total. The molecule has 0 amide bonds. The Hall–Kier alpha value is -1.73. The van der Waals surface area contributed by atoms with Gasteiger partial charge in [0.2, 0.25) is 0 Å². The fourth-order valence-electron chi connectivity index (χ4n) is 7.48. The molecule has 45 heavy (non-hydrogen) atoms. The van der Waals surface area contributed by atoms with Gasteiger partial charge in [0, 0.05) is 25.0 Å². The molecule has 13 atom stereocenters. The van der Waals surface area contributed by atoms with Crippen molar-refractivity contribution in [3.63, 3.8) is 0 Å². The maximum absolute atomic E-state index is 14.2. The van der Waals surface area contributed by atoms with Gasteiger partial charge in [0.1, 0.15) is 23.7 Å². The van der Waals surface area contributed by atoms with Crippen LogP contribution in [0.15, 0.2) is 12.2 Å². The molecular formula is C34H58N2O9. The largest absolute Gasteiger partial charge is 0.459 e. The van der Waals surface area contributed by atoms with Crippen LogP contribution in [0.4, 0.5) is 0 Å². The molecule has 0 radical (unpaired) electrons. The highest BCUT2D eigenvalue weighted by atomic mass is 16.7. The second kappa shape index (κ2) is 15.0. The lowest BCUT2D eigenvalue weighted by molar-refractivity contribution is -0.300. The SMILES string of the molecule is C=C1[C@H](C)C[C@@]2(C)OCC(=N)CO[C@H]([C@H]1C)[C@](C)(O)[C@@H](CC)OC(=O)C(C)C(=O)[C@H](C)[C@H]2O[C@@H]1O[C@H](C)C[C@H](N(C)C)[C@H]1OC. The number of esters is 1. The first kappa shape index (κ1) is 37.7. The first-order valence-corrected chi connectivity index (χ1v) is 16.4. The molecule has 0 spiro atoms. The van der Waals surface area contributed by atoms with Crippen LogP contribution >= 0.6 is 0 Å². The lowest BCUT2D eigenvalue weighted by Crippen LogP contribution is -2.60. The Bertz CT molecular complexity index is 1080. The summed E-state index contributed by atoms with van der Waals surface area (Å²) in [6, 6.07) is -0.0102. The van der Waals surface area contributed by atoms with E-state index in [0.29, 0.717) is 6.42 Å². The second-order valence-electron chi connectivity index (χ2n) is 14.2. The quantitative estimate of drug-likeness (QED) is 0.260. The van der Waals surface area contributed by atoms with Crippen molar-refractivity contribution in [3.8, 4) is 0 Å². The van der Waals surface area contributed by atoms with Gasteiger partial charge in [-0.05, 0) is 67.0 Å². The van der Waals surface area contributed by atoms with Gasteiger partial charge >= 0.3 is 5.97 Å². The topological polar surface area (TPSA) is 137 Å². The molecule has 3 saturated heterocycles. The lowest BCUT2D eigenvalue weighted by Gasteiger charge is -2.48. The average Bonchev–Trinajstić information content (AvgIpc) is 2.99. The Morgan fingerprint density at radius 2 is 1.73 bits per heavy atom. The number of likely N-dealkylation sites (N-methyl/N-ethyl adjacent to an activating group) is 1. The molecule has 2 N–H and O–H groups in total. The van der Waals surface area contributed by atoms with Crippen molar-refractivity contribution >= 4 is 17.5 Å². The van der Waals surface area contributed by atoms with Gasteiger partial charge in [0.05, 0.1) is 42.8 Å². The van der Waals surface area contributed by atoms with E-state index in [4.69, 9.17) is 33.8 Å². The Morgan fingerprint density at radius 3 is 2.31 bits per heavy atom. The normalized spacial score (nSPS) is 44.6. The van der Waals surface area contributed by atoms with Crippen molar-refractivity contribution in [3.05, 3.63) is 12.2 Å². The molecule has 2 bridgehead atoms. The van der Waals surface area contributed by atoms with Crippen molar-refractivity contribution in [2.75, 3.05) is 34.4 Å². The number of carbonyl (C=O) groups is 2. The molecular weight excluding hydrogens is 580 g/mol. The molecule has 258 valence electrons. The number of methoxy groups -OCH3 is 1. The van der Waals surface area contributed by atoms with E-state index >= 15 is 0 Å². The molecule has 0 aromatic rings. The summed E-state index contributed by atoms with van der Waals surface area (Å²) in [4.78, 5) is 29.8. The predicted molar refractivity (Wildman–Crippen MR) is 170 cm³/mol. The van der Waals surface area contributed by atoms with E-state index in [-0.39, 0.29) is 55.1 Å². The van der Waals surface area contributed by atoms with Gasteiger partial charge in [0.15, 0.2) is 12.1 Å². The van der Waals surface area contributed by atoms with Crippen LogP contribution in [0.2, 0.25) is 0 Å². The first-order chi connectivity index (χ1) is 20.9. The fourth-order valence-corrected chi connectivity index (χ4v) is 7.48. The highest BCUT2D eigenvalue weighted by Gasteiger charge is 2.52. The lowest BCUT2D eigenvalue weighted by atomic mass is 9.73. The van der Waals surface area contributed by atoms with Gasteiger partial charge in [-0.1, -0.05) is 39.8 Å². The minimum Gasteiger partial charge on any atom is -0.459 e. The maximum atomic E-state index is 14.2. The molecule has 11 heteroatoms. The third kappa shape index (κ3) is 8.05. The van der Waals surface area contributed by atoms with Crippen molar-refractivity contribution < 1.29 is 43.1 Å². The van der Waals surface area contributed by atoms with E-state index in [1.54, 1.807) is 21.0 Å². The number of rotatable bonds is 5.